The molecule has 2 atom stereocenters. The molecular weight excluding hydrogens is 503 g/mol. The quantitative estimate of drug-likeness (QED) is 0.471. The fourth-order valence-corrected chi connectivity index (χ4v) is 5.65. The molecule has 10 heteroatoms. The summed E-state index contributed by atoms with van der Waals surface area (Å²) in [4.78, 5) is 21.9. The summed E-state index contributed by atoms with van der Waals surface area (Å²) in [7, 11) is 1.59. The summed E-state index contributed by atoms with van der Waals surface area (Å²) in [6.45, 7) is 2.86. The van der Waals surface area contributed by atoms with E-state index < -0.39 is 5.82 Å². The number of nitrogens with zero attached hydrogens (tertiary/aromatic N) is 4. The molecule has 5 rings (SSSR count). The average molecular weight is 529 g/mol. The normalized spacial score (nSPS) is 19.3. The highest BCUT2D eigenvalue weighted by Gasteiger charge is 2.34. The average Bonchev–Trinajstić information content (AvgIpc) is 3.48. The third-order valence-electron chi connectivity index (χ3n) is 6.57. The molecule has 2 aliphatic rings. The van der Waals surface area contributed by atoms with Gasteiger partial charge < -0.3 is 24.2 Å². The fourth-order valence-electron chi connectivity index (χ4n) is 4.70. The Kier molecular flexibility index (Phi) is 7.07. The number of carbonyl (C=O) groups is 1. The molecule has 0 saturated carbocycles. The van der Waals surface area contributed by atoms with Gasteiger partial charge in [0.1, 0.15) is 17.3 Å². The molecule has 0 fully saturated rings. The summed E-state index contributed by atoms with van der Waals surface area (Å²) in [5.41, 5.74) is 3.27. The SMILES string of the molecule is COCC1Cn2cc(-c3cc(N4C=CS[C@@H]4C)ncc3Cl)cc2C(=O)N1Cc1cc(F)ccc1CO. The van der Waals surface area contributed by atoms with E-state index in [4.69, 9.17) is 16.3 Å². The monoisotopic (exact) mass is 528 g/mol. The van der Waals surface area contributed by atoms with Gasteiger partial charge in [0.05, 0.1) is 29.7 Å². The van der Waals surface area contributed by atoms with E-state index in [1.807, 2.05) is 34.5 Å². The Hall–Kier alpha value is -2.85. The first-order chi connectivity index (χ1) is 17.4. The van der Waals surface area contributed by atoms with E-state index in [1.165, 1.54) is 12.1 Å². The van der Waals surface area contributed by atoms with Crippen LogP contribution in [0, 0.1) is 5.82 Å². The van der Waals surface area contributed by atoms with Crippen molar-refractivity contribution in [3.63, 3.8) is 0 Å². The lowest BCUT2D eigenvalue weighted by molar-refractivity contribution is 0.0386. The molecule has 0 bridgehead atoms. The van der Waals surface area contributed by atoms with Crippen molar-refractivity contribution >= 4 is 35.1 Å². The molecule has 2 aromatic heterocycles. The molecule has 1 aromatic carbocycles. The molecule has 0 aliphatic carbocycles. The number of thioether (sulfide) groups is 1. The predicted octanol–water partition coefficient (Wildman–Crippen LogP) is 4.88. The number of amides is 1. The smallest absolute Gasteiger partial charge is 0.271 e. The molecular formula is C26H26ClFN4O3S. The third-order valence-corrected chi connectivity index (χ3v) is 7.77. The first kappa shape index (κ1) is 24.8. The second-order valence-corrected chi connectivity index (χ2v) is 10.5. The Balaban J connectivity index is 1.49. The van der Waals surface area contributed by atoms with Crippen LogP contribution in [0.25, 0.3) is 11.1 Å². The largest absolute Gasteiger partial charge is 0.392 e. The first-order valence-corrected chi connectivity index (χ1v) is 12.9. The van der Waals surface area contributed by atoms with Crippen LogP contribution in [-0.4, -0.2) is 50.6 Å². The molecule has 188 valence electrons. The molecule has 1 unspecified atom stereocenters. The molecule has 7 nitrogen and oxygen atoms in total. The van der Waals surface area contributed by atoms with Crippen LogP contribution in [0.1, 0.15) is 28.5 Å². The van der Waals surface area contributed by atoms with Gasteiger partial charge in [0, 0.05) is 49.9 Å². The Morgan fingerprint density at radius 3 is 2.83 bits per heavy atom. The van der Waals surface area contributed by atoms with Crippen LogP contribution >= 0.6 is 23.4 Å². The number of aromatic nitrogens is 2. The number of hydrogen-bond donors (Lipinski definition) is 1. The molecule has 4 heterocycles. The van der Waals surface area contributed by atoms with Crippen LogP contribution in [0.4, 0.5) is 10.2 Å². The molecule has 3 aromatic rings. The van der Waals surface area contributed by atoms with Crippen LogP contribution in [0.5, 0.6) is 0 Å². The van der Waals surface area contributed by atoms with Gasteiger partial charge in [-0.05, 0) is 47.7 Å². The Bertz CT molecular complexity index is 1330. The van der Waals surface area contributed by atoms with E-state index >= 15 is 0 Å². The van der Waals surface area contributed by atoms with Crippen molar-refractivity contribution in [3.8, 4) is 11.1 Å². The van der Waals surface area contributed by atoms with E-state index in [1.54, 1.807) is 36.0 Å². The van der Waals surface area contributed by atoms with Gasteiger partial charge in [0.15, 0.2) is 0 Å². The number of methoxy groups -OCH3 is 1. The van der Waals surface area contributed by atoms with Gasteiger partial charge in [0.25, 0.3) is 5.91 Å². The van der Waals surface area contributed by atoms with Gasteiger partial charge in [-0.2, -0.15) is 0 Å². The molecule has 0 saturated heterocycles. The molecule has 36 heavy (non-hydrogen) atoms. The minimum absolute atomic E-state index is 0.165. The lowest BCUT2D eigenvalue weighted by Gasteiger charge is -2.36. The maximum absolute atomic E-state index is 14.0. The predicted molar refractivity (Wildman–Crippen MR) is 139 cm³/mol. The summed E-state index contributed by atoms with van der Waals surface area (Å²) in [5.74, 6) is 0.171. The first-order valence-electron chi connectivity index (χ1n) is 11.5. The number of pyridine rings is 1. The number of hydrogen-bond acceptors (Lipinski definition) is 6. The maximum Gasteiger partial charge on any atom is 0.271 e. The molecule has 2 aliphatic heterocycles. The van der Waals surface area contributed by atoms with Gasteiger partial charge in [-0.1, -0.05) is 17.7 Å². The Morgan fingerprint density at radius 2 is 2.11 bits per heavy atom. The molecule has 1 N–H and O–H groups in total. The number of benzene rings is 1. The van der Waals surface area contributed by atoms with E-state index in [9.17, 15) is 14.3 Å². The van der Waals surface area contributed by atoms with Crippen molar-refractivity contribution < 1.29 is 19.0 Å². The number of rotatable bonds is 7. The second-order valence-electron chi connectivity index (χ2n) is 8.83. The summed E-state index contributed by atoms with van der Waals surface area (Å²) in [6.07, 6.45) is 5.55. The van der Waals surface area contributed by atoms with Crippen molar-refractivity contribution in [2.24, 2.45) is 0 Å². The van der Waals surface area contributed by atoms with E-state index in [-0.39, 0.29) is 30.5 Å². The minimum Gasteiger partial charge on any atom is -0.392 e. The van der Waals surface area contributed by atoms with Crippen molar-refractivity contribution in [3.05, 3.63) is 82.0 Å². The topological polar surface area (TPSA) is 70.8 Å². The minimum atomic E-state index is -0.413. The van der Waals surface area contributed by atoms with Gasteiger partial charge in [-0.3, -0.25) is 4.79 Å². The van der Waals surface area contributed by atoms with Crippen LogP contribution in [0.2, 0.25) is 5.02 Å². The summed E-state index contributed by atoms with van der Waals surface area (Å²) in [5, 5.41) is 12.5. The van der Waals surface area contributed by atoms with Crippen LogP contribution in [-0.2, 0) is 24.4 Å². The van der Waals surface area contributed by atoms with Crippen molar-refractivity contribution in [1.29, 1.82) is 0 Å². The van der Waals surface area contributed by atoms with Crippen LogP contribution < -0.4 is 4.90 Å². The van der Waals surface area contributed by atoms with Gasteiger partial charge in [-0.25, -0.2) is 9.37 Å². The van der Waals surface area contributed by atoms with Crippen molar-refractivity contribution in [1.82, 2.24) is 14.5 Å². The van der Waals surface area contributed by atoms with Crippen LogP contribution in [0.3, 0.4) is 0 Å². The lowest BCUT2D eigenvalue weighted by Crippen LogP contribution is -2.49. The molecule has 1 amide bonds. The van der Waals surface area contributed by atoms with Gasteiger partial charge >= 0.3 is 0 Å². The zero-order valence-corrected chi connectivity index (χ0v) is 21.5. The highest BCUT2D eigenvalue weighted by Crippen LogP contribution is 2.36. The number of aliphatic hydroxyl groups is 1. The van der Waals surface area contributed by atoms with Crippen molar-refractivity contribution in [2.45, 2.75) is 38.0 Å². The zero-order chi connectivity index (χ0) is 25.4. The Labute approximate surface area is 218 Å². The number of ether oxygens (including phenoxy) is 1. The number of halogens is 2. The third kappa shape index (κ3) is 4.64. The van der Waals surface area contributed by atoms with Crippen LogP contribution in [0.15, 0.2) is 54.3 Å². The number of carbonyl (C=O) groups excluding carboxylic acids is 1. The van der Waals surface area contributed by atoms with Gasteiger partial charge in [0.2, 0.25) is 0 Å². The highest BCUT2D eigenvalue weighted by molar-refractivity contribution is 8.03. The molecule has 0 spiro atoms. The number of aliphatic hydroxyl groups excluding tert-OH is 1. The summed E-state index contributed by atoms with van der Waals surface area (Å²) in [6, 6.07) is 7.73. The maximum atomic E-state index is 14.0. The molecule has 0 radical (unpaired) electrons. The standard InChI is InChI=1S/C26H26ClFN4O3S/c1-16-31(5-6-36-16)25-9-22(23(27)10-29-25)19-8-24-26(34)32(21(15-35-2)13-30(24)11-19)12-18-7-20(28)4-3-17(18)14-33/h3-11,16,21,33H,12-15H2,1-2H3/t16-,21?/m1/s1. The summed E-state index contributed by atoms with van der Waals surface area (Å²) < 4.78 is 21.3. The van der Waals surface area contributed by atoms with E-state index in [0.29, 0.717) is 35.0 Å². The fraction of sp³-hybridized carbons (Fsp3) is 0.308. The van der Waals surface area contributed by atoms with Gasteiger partial charge in [-0.15, -0.1) is 11.8 Å². The summed E-state index contributed by atoms with van der Waals surface area (Å²) >= 11 is 8.25. The number of anilines is 1. The number of fused-ring (bicyclic) bond motifs is 1. The van der Waals surface area contributed by atoms with E-state index in [0.717, 1.165) is 16.9 Å². The lowest BCUT2D eigenvalue weighted by atomic mass is 10.0. The van der Waals surface area contributed by atoms with Crippen molar-refractivity contribution in [2.75, 3.05) is 18.6 Å². The highest BCUT2D eigenvalue weighted by atomic mass is 35.5. The second kappa shape index (κ2) is 10.3. The van der Waals surface area contributed by atoms with E-state index in [2.05, 4.69) is 16.8 Å². The zero-order valence-electron chi connectivity index (χ0n) is 19.9. The Morgan fingerprint density at radius 1 is 1.28 bits per heavy atom.